The topological polar surface area (TPSA) is 112 Å². The van der Waals surface area contributed by atoms with E-state index in [1.54, 1.807) is 10.9 Å². The lowest BCUT2D eigenvalue weighted by atomic mass is 9.75. The van der Waals surface area contributed by atoms with Crippen molar-refractivity contribution in [3.05, 3.63) is 65.0 Å². The first-order valence-electron chi connectivity index (χ1n) is 12.2. The van der Waals surface area contributed by atoms with Crippen molar-refractivity contribution in [1.82, 2.24) is 19.4 Å². The average Bonchev–Trinajstić information content (AvgIpc) is 3.45. The van der Waals surface area contributed by atoms with Crippen LogP contribution < -0.4 is 16.8 Å². The van der Waals surface area contributed by atoms with E-state index in [2.05, 4.69) is 47.3 Å². The first-order valence-corrected chi connectivity index (χ1v) is 12.6. The monoisotopic (exact) mass is 522 g/mol. The van der Waals surface area contributed by atoms with Crippen LogP contribution in [0.2, 0.25) is 5.02 Å². The molecule has 1 saturated carbocycles. The van der Waals surface area contributed by atoms with E-state index in [9.17, 15) is 4.39 Å². The summed E-state index contributed by atoms with van der Waals surface area (Å²) in [5.74, 6) is -0.266. The number of halogens is 2. The Labute approximate surface area is 220 Å². The molecule has 5 N–H and O–H groups in total. The van der Waals surface area contributed by atoms with Crippen molar-refractivity contribution in [3.63, 3.8) is 0 Å². The van der Waals surface area contributed by atoms with Crippen molar-refractivity contribution in [1.29, 1.82) is 0 Å². The number of aromatic nitrogens is 4. The highest BCUT2D eigenvalue weighted by atomic mass is 35.5. The predicted molar refractivity (Wildman–Crippen MR) is 147 cm³/mol. The highest BCUT2D eigenvalue weighted by Crippen LogP contribution is 2.46. The quantitative estimate of drug-likeness (QED) is 0.247. The van der Waals surface area contributed by atoms with Crippen molar-refractivity contribution in [2.75, 3.05) is 5.32 Å². The molecule has 3 aromatic heterocycles. The van der Waals surface area contributed by atoms with Crippen LogP contribution in [0.3, 0.4) is 0 Å². The minimum absolute atomic E-state index is 0.0801. The third-order valence-corrected chi connectivity index (χ3v) is 8.32. The molecule has 1 aliphatic rings. The third kappa shape index (κ3) is 4.36. The maximum atomic E-state index is 13.9. The largest absolute Gasteiger partial charge is 0.383 e. The number of nitrogens with zero attached hydrogens (tertiary/aromatic N) is 5. The fourth-order valence-electron chi connectivity index (χ4n) is 5.15. The van der Waals surface area contributed by atoms with Crippen molar-refractivity contribution < 1.29 is 4.39 Å². The van der Waals surface area contributed by atoms with Crippen LogP contribution in [-0.2, 0) is 7.05 Å². The molecule has 0 radical (unpaired) electrons. The zero-order valence-electron chi connectivity index (χ0n) is 21.7. The zero-order valence-corrected chi connectivity index (χ0v) is 22.4. The van der Waals surface area contributed by atoms with Crippen LogP contribution in [0.25, 0.3) is 16.6 Å². The molecule has 4 aromatic rings. The molecule has 194 valence electrons. The number of nitrogens with two attached hydrogens (primary N) is 2. The Morgan fingerprint density at radius 2 is 2.00 bits per heavy atom. The second-order valence-electron chi connectivity index (χ2n) is 10.8. The van der Waals surface area contributed by atoms with Gasteiger partial charge in [0, 0.05) is 53.6 Å². The van der Waals surface area contributed by atoms with Crippen molar-refractivity contribution in [2.24, 2.45) is 28.9 Å². The number of hydrogen-bond acceptors (Lipinski definition) is 5. The van der Waals surface area contributed by atoms with Gasteiger partial charge in [0.05, 0.1) is 39.4 Å². The SMILES string of the molecule is Cc1nn(C)cc1-c1cc2c(N[C@@H]3CC[C@](C)(N)C3(C)C)c(C(N)=Nc3cc(F)ccc3Cl)cnn2c1. The van der Waals surface area contributed by atoms with Crippen LogP contribution in [0.5, 0.6) is 0 Å². The summed E-state index contributed by atoms with van der Waals surface area (Å²) in [6.07, 6.45) is 7.41. The first-order chi connectivity index (χ1) is 17.4. The van der Waals surface area contributed by atoms with Crippen LogP contribution in [0.1, 0.15) is 44.9 Å². The van der Waals surface area contributed by atoms with Gasteiger partial charge in [0.1, 0.15) is 11.7 Å². The fourth-order valence-corrected chi connectivity index (χ4v) is 5.31. The van der Waals surface area contributed by atoms with Crippen LogP contribution in [0.15, 0.2) is 47.8 Å². The summed E-state index contributed by atoms with van der Waals surface area (Å²) in [6, 6.07) is 6.15. The molecule has 1 fully saturated rings. The molecule has 0 spiro atoms. The molecule has 37 heavy (non-hydrogen) atoms. The molecule has 2 atom stereocenters. The third-order valence-electron chi connectivity index (χ3n) is 8.00. The summed E-state index contributed by atoms with van der Waals surface area (Å²) in [7, 11) is 1.90. The molecular formula is C27H32ClFN8. The maximum absolute atomic E-state index is 13.9. The van der Waals surface area contributed by atoms with Gasteiger partial charge in [-0.15, -0.1) is 0 Å². The molecule has 3 heterocycles. The van der Waals surface area contributed by atoms with Gasteiger partial charge in [-0.05, 0) is 44.9 Å². The lowest BCUT2D eigenvalue weighted by Gasteiger charge is -2.39. The van der Waals surface area contributed by atoms with Gasteiger partial charge in [-0.25, -0.2) is 13.9 Å². The number of aryl methyl sites for hydroxylation is 2. The number of benzene rings is 1. The van der Waals surface area contributed by atoms with Crippen molar-refractivity contribution >= 4 is 34.3 Å². The Morgan fingerprint density at radius 1 is 1.24 bits per heavy atom. The van der Waals surface area contributed by atoms with E-state index in [0.29, 0.717) is 10.6 Å². The smallest absolute Gasteiger partial charge is 0.135 e. The lowest BCUT2D eigenvalue weighted by Crippen LogP contribution is -2.51. The molecular weight excluding hydrogens is 491 g/mol. The number of nitrogens with one attached hydrogen (secondary N) is 1. The fraction of sp³-hybridized carbons (Fsp3) is 0.370. The van der Waals surface area contributed by atoms with Crippen LogP contribution >= 0.6 is 11.6 Å². The standard InChI is InChI=1S/C27H32ClFN8/c1-15-19(14-36(5)35-15)16-10-22-24(34-23-8-9-27(4,31)26(23,2)3)18(12-32-37(22)13-16)25(30)33-21-11-17(29)6-7-20(21)28/h6-7,10-14,23,34H,8-9,31H2,1-5H3,(H2,30,33)/t23-,27+/m1/s1. The van der Waals surface area contributed by atoms with Gasteiger partial charge < -0.3 is 16.8 Å². The number of rotatable bonds is 5. The molecule has 1 aliphatic carbocycles. The van der Waals surface area contributed by atoms with Gasteiger partial charge in [0.15, 0.2) is 0 Å². The number of fused-ring (bicyclic) bond motifs is 1. The van der Waals surface area contributed by atoms with E-state index >= 15 is 0 Å². The Hall–Kier alpha value is -3.43. The average molecular weight is 523 g/mol. The number of hydrogen-bond donors (Lipinski definition) is 3. The highest BCUT2D eigenvalue weighted by Gasteiger charge is 2.49. The molecule has 1 aromatic carbocycles. The van der Waals surface area contributed by atoms with Crippen LogP contribution in [0.4, 0.5) is 15.8 Å². The van der Waals surface area contributed by atoms with E-state index in [-0.39, 0.29) is 28.5 Å². The van der Waals surface area contributed by atoms with Gasteiger partial charge >= 0.3 is 0 Å². The Balaban J connectivity index is 1.67. The van der Waals surface area contributed by atoms with Crippen LogP contribution in [-0.4, -0.2) is 36.8 Å². The summed E-state index contributed by atoms with van der Waals surface area (Å²) in [4.78, 5) is 4.47. The predicted octanol–water partition coefficient (Wildman–Crippen LogP) is 5.19. The minimum atomic E-state index is -0.444. The van der Waals surface area contributed by atoms with Gasteiger partial charge in [0.2, 0.25) is 0 Å². The summed E-state index contributed by atoms with van der Waals surface area (Å²) in [5.41, 5.74) is 18.1. The number of aliphatic imine (C=N–C) groups is 1. The molecule has 0 amide bonds. The molecule has 0 unspecified atom stereocenters. The zero-order chi connectivity index (χ0) is 26.7. The molecule has 5 rings (SSSR count). The summed E-state index contributed by atoms with van der Waals surface area (Å²) in [5, 5.41) is 13.2. The van der Waals surface area contributed by atoms with Gasteiger partial charge in [0.25, 0.3) is 0 Å². The van der Waals surface area contributed by atoms with Gasteiger partial charge in [-0.2, -0.15) is 10.2 Å². The van der Waals surface area contributed by atoms with E-state index in [0.717, 1.165) is 40.9 Å². The maximum Gasteiger partial charge on any atom is 0.135 e. The number of anilines is 1. The molecule has 8 nitrogen and oxygen atoms in total. The van der Waals surface area contributed by atoms with E-state index in [1.807, 2.05) is 30.9 Å². The molecule has 0 bridgehead atoms. The highest BCUT2D eigenvalue weighted by molar-refractivity contribution is 6.33. The Bertz CT molecular complexity index is 1530. The van der Waals surface area contributed by atoms with Crippen molar-refractivity contribution in [3.8, 4) is 11.1 Å². The van der Waals surface area contributed by atoms with Crippen LogP contribution in [0, 0.1) is 18.2 Å². The number of amidine groups is 1. The van der Waals surface area contributed by atoms with E-state index in [4.69, 9.17) is 23.1 Å². The van der Waals surface area contributed by atoms with Crippen molar-refractivity contribution in [2.45, 2.75) is 52.1 Å². The molecule has 10 heteroatoms. The summed E-state index contributed by atoms with van der Waals surface area (Å²) in [6.45, 7) is 8.44. The Kier molecular flexibility index (Phi) is 6.03. The summed E-state index contributed by atoms with van der Waals surface area (Å²) >= 11 is 6.27. The lowest BCUT2D eigenvalue weighted by molar-refractivity contribution is 0.215. The second kappa shape index (κ2) is 8.85. The molecule has 0 aliphatic heterocycles. The van der Waals surface area contributed by atoms with Gasteiger partial charge in [-0.1, -0.05) is 25.4 Å². The van der Waals surface area contributed by atoms with Gasteiger partial charge in [-0.3, -0.25) is 4.68 Å². The second-order valence-corrected chi connectivity index (χ2v) is 11.2. The van der Waals surface area contributed by atoms with E-state index < -0.39 is 5.82 Å². The minimum Gasteiger partial charge on any atom is -0.383 e. The Morgan fingerprint density at radius 3 is 2.65 bits per heavy atom. The normalized spacial score (nSPS) is 21.6. The summed E-state index contributed by atoms with van der Waals surface area (Å²) < 4.78 is 17.5. The molecule has 0 saturated heterocycles. The van der Waals surface area contributed by atoms with E-state index in [1.165, 1.54) is 18.2 Å². The first kappa shape index (κ1) is 25.2.